The van der Waals surface area contributed by atoms with Gasteiger partial charge in [-0.3, -0.25) is 4.79 Å². The Hall–Kier alpha value is -3.02. The molecule has 0 bridgehead atoms. The van der Waals surface area contributed by atoms with Crippen molar-refractivity contribution >= 4 is 44.0 Å². The van der Waals surface area contributed by atoms with Gasteiger partial charge in [0.15, 0.2) is 22.4 Å². The fraction of sp³-hybridized carbons (Fsp3) is 0.391. The van der Waals surface area contributed by atoms with Gasteiger partial charge in [0.25, 0.3) is 0 Å². The van der Waals surface area contributed by atoms with Crippen molar-refractivity contribution in [2.24, 2.45) is 4.99 Å². The Bertz CT molecular complexity index is 1190. The average Bonchev–Trinajstić information content (AvgIpc) is 3.32. The smallest absolute Gasteiger partial charge is 0.184 e. The maximum absolute atomic E-state index is 11.6. The van der Waals surface area contributed by atoms with E-state index in [0.29, 0.717) is 23.8 Å². The molecule has 1 saturated carbocycles. The lowest BCUT2D eigenvalue weighted by Gasteiger charge is -2.27. The van der Waals surface area contributed by atoms with Crippen LogP contribution < -0.4 is 5.32 Å². The molecule has 1 aliphatic rings. The van der Waals surface area contributed by atoms with Crippen LogP contribution in [0, 0.1) is 12.3 Å². The Morgan fingerprint density at radius 2 is 2.19 bits per heavy atom. The SMILES string of the molecule is C#Cc1ncn(Cc2ccc3nc(N[C@@H]4CCCC[C@H]4O)sc3c2)c1/N=C(\C)C(C)=O. The van der Waals surface area contributed by atoms with E-state index in [1.54, 1.807) is 24.6 Å². The third-order valence-electron chi connectivity index (χ3n) is 5.57. The third-order valence-corrected chi connectivity index (χ3v) is 6.52. The number of imidazole rings is 1. The van der Waals surface area contributed by atoms with Crippen LogP contribution in [0.25, 0.3) is 10.2 Å². The Kier molecular flexibility index (Phi) is 6.16. The van der Waals surface area contributed by atoms with E-state index in [9.17, 15) is 9.90 Å². The van der Waals surface area contributed by atoms with E-state index in [2.05, 4.69) is 32.3 Å². The molecule has 2 aromatic heterocycles. The summed E-state index contributed by atoms with van der Waals surface area (Å²) in [5, 5.41) is 14.5. The molecule has 0 aliphatic heterocycles. The van der Waals surface area contributed by atoms with Gasteiger partial charge in [-0.15, -0.1) is 6.42 Å². The number of terminal acetylenes is 1. The number of benzene rings is 1. The van der Waals surface area contributed by atoms with Crippen molar-refractivity contribution in [1.82, 2.24) is 14.5 Å². The molecule has 0 amide bonds. The number of thiazole rings is 1. The molecule has 160 valence electrons. The van der Waals surface area contributed by atoms with Crippen molar-refractivity contribution in [3.8, 4) is 12.3 Å². The number of ketones is 1. The molecular formula is C23H25N5O2S. The molecular weight excluding hydrogens is 410 g/mol. The highest BCUT2D eigenvalue weighted by molar-refractivity contribution is 7.22. The van der Waals surface area contributed by atoms with Crippen LogP contribution in [0.5, 0.6) is 0 Å². The molecule has 0 radical (unpaired) electrons. The molecule has 2 N–H and O–H groups in total. The number of aliphatic hydroxyl groups excluding tert-OH is 1. The van der Waals surface area contributed by atoms with Gasteiger partial charge in [-0.05, 0) is 43.4 Å². The summed E-state index contributed by atoms with van der Waals surface area (Å²) in [6.07, 6.45) is 10.9. The second-order valence-corrected chi connectivity index (χ2v) is 8.90. The minimum absolute atomic E-state index is 0.0619. The first-order valence-corrected chi connectivity index (χ1v) is 11.2. The minimum Gasteiger partial charge on any atom is -0.391 e. The Morgan fingerprint density at radius 1 is 1.39 bits per heavy atom. The summed E-state index contributed by atoms with van der Waals surface area (Å²) in [6, 6.07) is 6.16. The molecule has 8 heteroatoms. The fourth-order valence-corrected chi connectivity index (χ4v) is 4.70. The molecule has 31 heavy (non-hydrogen) atoms. The number of fused-ring (bicyclic) bond motifs is 1. The van der Waals surface area contributed by atoms with E-state index in [1.165, 1.54) is 6.92 Å². The third kappa shape index (κ3) is 4.68. The Labute approximate surface area is 185 Å². The summed E-state index contributed by atoms with van der Waals surface area (Å²) in [5.41, 5.74) is 2.77. The highest BCUT2D eigenvalue weighted by atomic mass is 32.1. The second kappa shape index (κ2) is 9.00. The number of rotatable bonds is 6. The van der Waals surface area contributed by atoms with Gasteiger partial charge in [0.05, 0.1) is 40.9 Å². The summed E-state index contributed by atoms with van der Waals surface area (Å²) in [5.74, 6) is 2.94. The van der Waals surface area contributed by atoms with Crippen LogP contribution in [0.3, 0.4) is 0 Å². The van der Waals surface area contributed by atoms with Gasteiger partial charge in [0.2, 0.25) is 0 Å². The lowest BCUT2D eigenvalue weighted by Crippen LogP contribution is -2.36. The highest BCUT2D eigenvalue weighted by Gasteiger charge is 2.23. The molecule has 2 atom stereocenters. The first-order valence-electron chi connectivity index (χ1n) is 10.4. The summed E-state index contributed by atoms with van der Waals surface area (Å²) in [4.78, 5) is 24.9. The van der Waals surface area contributed by atoms with E-state index in [4.69, 9.17) is 6.42 Å². The van der Waals surface area contributed by atoms with Crippen LogP contribution >= 0.6 is 11.3 Å². The standard InChI is InChI=1S/C23H25N5O2S/c1-4-17-22(25-14(2)15(3)29)28(13-24-17)12-16-9-10-19-21(11-16)31-23(27-19)26-18-7-5-6-8-20(18)30/h1,9-11,13,18,20,30H,5-8,12H2,2-3H3,(H,26,27)/b25-14+/t18-,20-/m1/s1. The van der Waals surface area contributed by atoms with E-state index < -0.39 is 0 Å². The van der Waals surface area contributed by atoms with Gasteiger partial charge >= 0.3 is 0 Å². The zero-order valence-corrected chi connectivity index (χ0v) is 18.4. The number of nitrogens with one attached hydrogen (secondary N) is 1. The normalized spacial score (nSPS) is 19.4. The van der Waals surface area contributed by atoms with Crippen molar-refractivity contribution in [3.63, 3.8) is 0 Å². The van der Waals surface area contributed by atoms with E-state index in [0.717, 1.165) is 46.6 Å². The summed E-state index contributed by atoms with van der Waals surface area (Å²) in [6.45, 7) is 3.67. The van der Waals surface area contributed by atoms with E-state index in [1.807, 2.05) is 16.7 Å². The first kappa shape index (κ1) is 21.2. The largest absolute Gasteiger partial charge is 0.391 e. The molecule has 1 aliphatic carbocycles. The predicted molar refractivity (Wildman–Crippen MR) is 124 cm³/mol. The van der Waals surface area contributed by atoms with Crippen LogP contribution in [0.4, 0.5) is 10.9 Å². The van der Waals surface area contributed by atoms with Crippen LogP contribution in [-0.4, -0.2) is 43.3 Å². The number of hydrogen-bond donors (Lipinski definition) is 2. The number of aliphatic hydroxyl groups is 1. The molecule has 0 spiro atoms. The summed E-state index contributed by atoms with van der Waals surface area (Å²) in [7, 11) is 0. The number of Topliss-reactive ketones (excluding diaryl/α,β-unsaturated/α-hetero) is 1. The van der Waals surface area contributed by atoms with Gasteiger partial charge in [-0.1, -0.05) is 30.2 Å². The zero-order valence-electron chi connectivity index (χ0n) is 17.6. The van der Waals surface area contributed by atoms with E-state index in [-0.39, 0.29) is 17.9 Å². The van der Waals surface area contributed by atoms with Gasteiger partial charge in [-0.2, -0.15) is 0 Å². The zero-order chi connectivity index (χ0) is 22.0. The molecule has 7 nitrogen and oxygen atoms in total. The van der Waals surface area contributed by atoms with Gasteiger partial charge in [0, 0.05) is 6.92 Å². The molecule has 3 aromatic rings. The summed E-state index contributed by atoms with van der Waals surface area (Å²) < 4.78 is 2.91. The average molecular weight is 436 g/mol. The number of anilines is 1. The van der Waals surface area contributed by atoms with Crippen LogP contribution in [0.2, 0.25) is 0 Å². The molecule has 2 heterocycles. The molecule has 0 unspecified atom stereocenters. The fourth-order valence-electron chi connectivity index (χ4n) is 3.71. The highest BCUT2D eigenvalue weighted by Crippen LogP contribution is 2.30. The van der Waals surface area contributed by atoms with Gasteiger partial charge in [0.1, 0.15) is 0 Å². The first-order chi connectivity index (χ1) is 14.9. The van der Waals surface area contributed by atoms with Crippen molar-refractivity contribution in [3.05, 3.63) is 35.8 Å². The lowest BCUT2D eigenvalue weighted by molar-refractivity contribution is -0.111. The number of carbonyl (C=O) groups excluding carboxylic acids is 1. The monoisotopic (exact) mass is 435 g/mol. The minimum atomic E-state index is -0.319. The summed E-state index contributed by atoms with van der Waals surface area (Å²) >= 11 is 1.58. The molecule has 0 saturated heterocycles. The predicted octanol–water partition coefficient (Wildman–Crippen LogP) is 3.92. The second-order valence-electron chi connectivity index (χ2n) is 7.87. The quantitative estimate of drug-likeness (QED) is 0.452. The van der Waals surface area contributed by atoms with Gasteiger partial charge in [-0.25, -0.2) is 15.0 Å². The Balaban J connectivity index is 1.57. The van der Waals surface area contributed by atoms with Crippen molar-refractivity contribution in [2.45, 2.75) is 58.2 Å². The number of nitrogens with zero attached hydrogens (tertiary/aromatic N) is 4. The topological polar surface area (TPSA) is 92.4 Å². The van der Waals surface area contributed by atoms with Crippen LogP contribution in [0.15, 0.2) is 29.5 Å². The van der Waals surface area contributed by atoms with Crippen molar-refractivity contribution in [1.29, 1.82) is 0 Å². The van der Waals surface area contributed by atoms with Gasteiger partial charge < -0.3 is 15.0 Å². The lowest BCUT2D eigenvalue weighted by atomic mass is 9.93. The number of hydrogen-bond acceptors (Lipinski definition) is 7. The maximum atomic E-state index is 11.6. The molecule has 1 fully saturated rings. The Morgan fingerprint density at radius 3 is 2.94 bits per heavy atom. The van der Waals surface area contributed by atoms with Crippen molar-refractivity contribution in [2.75, 3.05) is 5.32 Å². The van der Waals surface area contributed by atoms with Crippen molar-refractivity contribution < 1.29 is 9.90 Å². The molecule has 1 aromatic carbocycles. The number of aromatic nitrogens is 3. The van der Waals surface area contributed by atoms with Crippen LogP contribution in [-0.2, 0) is 11.3 Å². The number of aliphatic imine (C=N–C) groups is 1. The molecule has 4 rings (SSSR count). The number of carbonyl (C=O) groups is 1. The van der Waals surface area contributed by atoms with Crippen LogP contribution in [0.1, 0.15) is 50.8 Å². The van der Waals surface area contributed by atoms with E-state index >= 15 is 0 Å². The maximum Gasteiger partial charge on any atom is 0.184 e.